The Kier molecular flexibility index (Phi) is 5.33. The number of thioether (sulfide) groups is 1. The van der Waals surface area contributed by atoms with Crippen LogP contribution >= 0.6 is 11.8 Å². The number of piperidine rings is 1. The average molecular weight is 271 g/mol. The third kappa shape index (κ3) is 3.87. The normalized spacial score (nSPS) is 30.6. The minimum atomic E-state index is 0.127. The van der Waals surface area contributed by atoms with Crippen LogP contribution in [0.3, 0.4) is 0 Å². The summed E-state index contributed by atoms with van der Waals surface area (Å²) in [5, 5.41) is 7.25. The maximum absolute atomic E-state index is 11.3. The van der Waals surface area contributed by atoms with E-state index in [9.17, 15) is 4.79 Å². The number of likely N-dealkylation sites (N-methyl/N-ethyl adjacent to an activating group) is 1. The molecule has 2 rings (SSSR count). The summed E-state index contributed by atoms with van der Waals surface area (Å²) in [7, 11) is 1.70. The van der Waals surface area contributed by atoms with Crippen molar-refractivity contribution in [2.75, 3.05) is 32.4 Å². The molecular weight excluding hydrogens is 246 g/mol. The van der Waals surface area contributed by atoms with Gasteiger partial charge in [0, 0.05) is 37.5 Å². The van der Waals surface area contributed by atoms with E-state index in [-0.39, 0.29) is 5.91 Å². The first-order valence-corrected chi connectivity index (χ1v) is 8.04. The molecule has 0 aromatic carbocycles. The smallest absolute Gasteiger partial charge is 0.233 e. The molecule has 2 aliphatic heterocycles. The van der Waals surface area contributed by atoms with Crippen LogP contribution in [0.2, 0.25) is 0 Å². The molecule has 0 bridgehead atoms. The second kappa shape index (κ2) is 6.78. The SMILES string of the molecule is CNC(=O)CN1CCC(NC2CCSC2C)CC1. The second-order valence-electron chi connectivity index (χ2n) is 5.36. The van der Waals surface area contributed by atoms with Crippen LogP contribution in [0.1, 0.15) is 26.2 Å². The van der Waals surface area contributed by atoms with Gasteiger partial charge in [0.15, 0.2) is 0 Å². The number of nitrogens with zero attached hydrogens (tertiary/aromatic N) is 1. The highest BCUT2D eigenvalue weighted by molar-refractivity contribution is 8.00. The molecule has 2 atom stereocenters. The molecule has 5 heteroatoms. The Morgan fingerprint density at radius 3 is 2.61 bits per heavy atom. The van der Waals surface area contributed by atoms with Crippen LogP contribution in [0.15, 0.2) is 0 Å². The maximum atomic E-state index is 11.3. The molecule has 2 aliphatic rings. The van der Waals surface area contributed by atoms with E-state index in [0.29, 0.717) is 18.6 Å². The molecule has 2 fully saturated rings. The van der Waals surface area contributed by atoms with Crippen molar-refractivity contribution in [3.05, 3.63) is 0 Å². The number of likely N-dealkylation sites (tertiary alicyclic amines) is 1. The lowest BCUT2D eigenvalue weighted by Crippen LogP contribution is -2.49. The van der Waals surface area contributed by atoms with E-state index in [1.165, 1.54) is 25.0 Å². The van der Waals surface area contributed by atoms with E-state index in [2.05, 4.69) is 34.2 Å². The van der Waals surface area contributed by atoms with Crippen LogP contribution in [0, 0.1) is 0 Å². The van der Waals surface area contributed by atoms with Crippen LogP contribution in [0.4, 0.5) is 0 Å². The molecule has 0 aromatic rings. The Bertz CT molecular complexity index is 279. The van der Waals surface area contributed by atoms with Gasteiger partial charge in [-0.05, 0) is 25.0 Å². The van der Waals surface area contributed by atoms with Crippen molar-refractivity contribution in [1.82, 2.24) is 15.5 Å². The van der Waals surface area contributed by atoms with Crippen molar-refractivity contribution in [2.24, 2.45) is 0 Å². The third-order valence-electron chi connectivity index (χ3n) is 4.06. The molecule has 2 heterocycles. The van der Waals surface area contributed by atoms with E-state index < -0.39 is 0 Å². The zero-order valence-electron chi connectivity index (χ0n) is 11.4. The van der Waals surface area contributed by atoms with Gasteiger partial charge in [-0.15, -0.1) is 0 Å². The van der Waals surface area contributed by atoms with Crippen LogP contribution < -0.4 is 10.6 Å². The highest BCUT2D eigenvalue weighted by Gasteiger charge is 2.28. The first-order chi connectivity index (χ1) is 8.69. The number of hydrogen-bond acceptors (Lipinski definition) is 4. The van der Waals surface area contributed by atoms with Gasteiger partial charge in [0.25, 0.3) is 0 Å². The van der Waals surface area contributed by atoms with Crippen molar-refractivity contribution in [2.45, 2.75) is 43.5 Å². The highest BCUT2D eigenvalue weighted by atomic mass is 32.2. The topological polar surface area (TPSA) is 44.4 Å². The van der Waals surface area contributed by atoms with Crippen LogP contribution in [0.5, 0.6) is 0 Å². The van der Waals surface area contributed by atoms with Gasteiger partial charge in [-0.25, -0.2) is 0 Å². The van der Waals surface area contributed by atoms with Gasteiger partial charge in [-0.1, -0.05) is 6.92 Å². The Balaban J connectivity index is 1.68. The number of amides is 1. The quantitative estimate of drug-likeness (QED) is 0.789. The molecule has 0 aliphatic carbocycles. The molecule has 2 unspecified atom stereocenters. The molecule has 2 saturated heterocycles. The molecular formula is C13H25N3OS. The van der Waals surface area contributed by atoms with Crippen LogP contribution in [0.25, 0.3) is 0 Å². The summed E-state index contributed by atoms with van der Waals surface area (Å²) < 4.78 is 0. The minimum absolute atomic E-state index is 0.127. The van der Waals surface area contributed by atoms with Crippen molar-refractivity contribution in [3.63, 3.8) is 0 Å². The molecule has 0 radical (unpaired) electrons. The molecule has 18 heavy (non-hydrogen) atoms. The van der Waals surface area contributed by atoms with Gasteiger partial charge < -0.3 is 10.6 Å². The summed E-state index contributed by atoms with van der Waals surface area (Å²) in [5.41, 5.74) is 0. The van der Waals surface area contributed by atoms with Crippen LogP contribution in [-0.4, -0.2) is 60.6 Å². The third-order valence-corrected chi connectivity index (χ3v) is 5.39. The first kappa shape index (κ1) is 14.2. The van der Waals surface area contributed by atoms with E-state index in [4.69, 9.17) is 0 Å². The van der Waals surface area contributed by atoms with E-state index in [0.717, 1.165) is 18.3 Å². The largest absolute Gasteiger partial charge is 0.358 e. The number of hydrogen-bond donors (Lipinski definition) is 2. The lowest BCUT2D eigenvalue weighted by molar-refractivity contribution is -0.122. The molecule has 104 valence electrons. The Labute approximate surface area is 114 Å². The minimum Gasteiger partial charge on any atom is -0.358 e. The lowest BCUT2D eigenvalue weighted by atomic mass is 10.0. The van der Waals surface area contributed by atoms with Crippen molar-refractivity contribution in [3.8, 4) is 0 Å². The van der Waals surface area contributed by atoms with Crippen molar-refractivity contribution >= 4 is 17.7 Å². The molecule has 0 saturated carbocycles. The fraction of sp³-hybridized carbons (Fsp3) is 0.923. The van der Waals surface area contributed by atoms with Gasteiger partial charge in [0.1, 0.15) is 0 Å². The van der Waals surface area contributed by atoms with Gasteiger partial charge in [0.05, 0.1) is 6.54 Å². The lowest BCUT2D eigenvalue weighted by Gasteiger charge is -2.34. The fourth-order valence-corrected chi connectivity index (χ4v) is 4.00. The zero-order chi connectivity index (χ0) is 13.0. The van der Waals surface area contributed by atoms with Gasteiger partial charge >= 0.3 is 0 Å². The number of carbonyl (C=O) groups is 1. The summed E-state index contributed by atoms with van der Waals surface area (Å²) in [6, 6.07) is 1.35. The number of rotatable bonds is 4. The zero-order valence-corrected chi connectivity index (χ0v) is 12.3. The van der Waals surface area contributed by atoms with Gasteiger partial charge in [-0.3, -0.25) is 9.69 Å². The van der Waals surface area contributed by atoms with Gasteiger partial charge in [-0.2, -0.15) is 11.8 Å². The summed E-state index contributed by atoms with van der Waals surface area (Å²) in [5.74, 6) is 1.43. The monoisotopic (exact) mass is 271 g/mol. The first-order valence-electron chi connectivity index (χ1n) is 6.99. The van der Waals surface area contributed by atoms with Crippen molar-refractivity contribution in [1.29, 1.82) is 0 Å². The molecule has 2 N–H and O–H groups in total. The average Bonchev–Trinajstić information content (AvgIpc) is 2.77. The fourth-order valence-electron chi connectivity index (χ4n) is 2.79. The Morgan fingerprint density at radius 2 is 2.06 bits per heavy atom. The number of nitrogens with one attached hydrogen (secondary N) is 2. The predicted molar refractivity (Wildman–Crippen MR) is 77.0 cm³/mol. The van der Waals surface area contributed by atoms with Crippen LogP contribution in [-0.2, 0) is 4.79 Å². The summed E-state index contributed by atoms with van der Waals surface area (Å²) >= 11 is 2.08. The molecule has 0 aromatic heterocycles. The molecule has 1 amide bonds. The van der Waals surface area contributed by atoms with E-state index in [1.807, 2.05) is 0 Å². The molecule has 4 nitrogen and oxygen atoms in total. The Hall–Kier alpha value is -0.260. The van der Waals surface area contributed by atoms with E-state index in [1.54, 1.807) is 7.05 Å². The highest BCUT2D eigenvalue weighted by Crippen LogP contribution is 2.27. The number of carbonyl (C=O) groups excluding carboxylic acids is 1. The summed E-state index contributed by atoms with van der Waals surface area (Å²) in [6.07, 6.45) is 3.65. The predicted octanol–water partition coefficient (Wildman–Crippen LogP) is 0.680. The summed E-state index contributed by atoms with van der Waals surface area (Å²) in [4.78, 5) is 13.6. The van der Waals surface area contributed by atoms with E-state index >= 15 is 0 Å². The Morgan fingerprint density at radius 1 is 1.33 bits per heavy atom. The summed E-state index contributed by atoms with van der Waals surface area (Å²) in [6.45, 7) is 4.97. The second-order valence-corrected chi connectivity index (χ2v) is 6.85. The molecule has 0 spiro atoms. The maximum Gasteiger partial charge on any atom is 0.233 e. The standard InChI is InChI=1S/C13H25N3OS/c1-10-12(5-8-18-10)15-11-3-6-16(7-4-11)9-13(17)14-2/h10-12,15H,3-9H2,1-2H3,(H,14,17). The van der Waals surface area contributed by atoms with Gasteiger partial charge in [0.2, 0.25) is 5.91 Å². The van der Waals surface area contributed by atoms with Crippen molar-refractivity contribution < 1.29 is 4.79 Å².